The lowest BCUT2D eigenvalue weighted by Crippen LogP contribution is -2.19. The molecule has 2 bridgehead atoms. The largest absolute Gasteiger partial charge is 0.271 e. The molecule has 2 aliphatic rings. The van der Waals surface area contributed by atoms with Crippen LogP contribution in [-0.2, 0) is 0 Å². The Morgan fingerprint density at radius 3 is 2.72 bits per heavy atom. The molecule has 0 aromatic heterocycles. The van der Waals surface area contributed by atoms with Crippen LogP contribution in [0.25, 0.3) is 0 Å². The van der Waals surface area contributed by atoms with E-state index < -0.39 is 0 Å². The minimum absolute atomic E-state index is 0.148. The van der Waals surface area contributed by atoms with E-state index in [1.807, 2.05) is 24.4 Å². The second kappa shape index (κ2) is 4.77. The smallest absolute Gasteiger partial charge is 0.267 e. The second-order valence-corrected chi connectivity index (χ2v) is 5.03. The maximum atomic E-state index is 11.7. The number of carbonyl (C=O) groups is 1. The van der Waals surface area contributed by atoms with Crippen molar-refractivity contribution in [1.29, 1.82) is 0 Å². The molecule has 2 aliphatic carbocycles. The van der Waals surface area contributed by atoms with Gasteiger partial charge in [0.1, 0.15) is 0 Å². The number of hydrogen-bond donors (Lipinski definition) is 1. The number of amides is 1. The molecule has 0 aliphatic heterocycles. The van der Waals surface area contributed by atoms with Crippen LogP contribution in [-0.4, -0.2) is 12.1 Å². The first kappa shape index (κ1) is 11.2. The Kier molecular flexibility index (Phi) is 2.97. The Balaban J connectivity index is 1.55. The van der Waals surface area contributed by atoms with Crippen molar-refractivity contribution in [1.82, 2.24) is 5.43 Å². The summed E-state index contributed by atoms with van der Waals surface area (Å²) in [5.74, 6) is 1.71. The fourth-order valence-electron chi connectivity index (χ4n) is 2.84. The summed E-state index contributed by atoms with van der Waals surface area (Å²) in [6, 6.07) is 9.15. The zero-order valence-electron chi connectivity index (χ0n) is 10.1. The fourth-order valence-corrected chi connectivity index (χ4v) is 2.84. The van der Waals surface area contributed by atoms with E-state index in [-0.39, 0.29) is 5.91 Å². The van der Waals surface area contributed by atoms with Crippen molar-refractivity contribution in [2.24, 2.45) is 22.9 Å². The van der Waals surface area contributed by atoms with Crippen molar-refractivity contribution in [3.05, 3.63) is 48.0 Å². The molecule has 1 aromatic carbocycles. The number of nitrogens with one attached hydrogen (secondary N) is 1. The minimum Gasteiger partial charge on any atom is -0.267 e. The van der Waals surface area contributed by atoms with Crippen molar-refractivity contribution >= 4 is 12.1 Å². The molecule has 1 aromatic rings. The number of carbonyl (C=O) groups excluding carboxylic acids is 1. The predicted octanol–water partition coefficient (Wildman–Crippen LogP) is 2.61. The van der Waals surface area contributed by atoms with E-state index in [2.05, 4.69) is 22.7 Å². The van der Waals surface area contributed by atoms with Crippen molar-refractivity contribution in [2.75, 3.05) is 0 Å². The summed E-state index contributed by atoms with van der Waals surface area (Å²) in [6.07, 6.45) is 8.91. The van der Waals surface area contributed by atoms with Crippen LogP contribution in [0.4, 0.5) is 0 Å². The maximum Gasteiger partial charge on any atom is 0.271 e. The average Bonchev–Trinajstić information content (AvgIpc) is 3.02. The third-order valence-electron chi connectivity index (χ3n) is 3.80. The van der Waals surface area contributed by atoms with Crippen LogP contribution in [0, 0.1) is 17.8 Å². The molecular weight excluding hydrogens is 224 g/mol. The minimum atomic E-state index is -0.148. The van der Waals surface area contributed by atoms with E-state index in [0.29, 0.717) is 17.4 Å². The van der Waals surface area contributed by atoms with Crippen molar-refractivity contribution in [3.63, 3.8) is 0 Å². The SMILES string of the molecule is O=C(N/N=C\[C@H]1C[C@@H]2C=C[C@H]1C2)c1ccccc1. The number of benzene rings is 1. The number of nitrogens with zero attached hydrogens (tertiary/aromatic N) is 1. The molecule has 92 valence electrons. The first-order valence-corrected chi connectivity index (χ1v) is 6.40. The highest BCUT2D eigenvalue weighted by atomic mass is 16.2. The average molecular weight is 240 g/mol. The van der Waals surface area contributed by atoms with Gasteiger partial charge in [-0.2, -0.15) is 5.10 Å². The van der Waals surface area contributed by atoms with Gasteiger partial charge in [-0.15, -0.1) is 0 Å². The summed E-state index contributed by atoms with van der Waals surface area (Å²) in [7, 11) is 0. The predicted molar refractivity (Wildman–Crippen MR) is 71.2 cm³/mol. The highest BCUT2D eigenvalue weighted by Gasteiger charge is 2.34. The Hall–Kier alpha value is -1.90. The third kappa shape index (κ3) is 2.21. The molecule has 1 amide bonds. The standard InChI is InChI=1S/C15H16N2O/c18-15(12-4-2-1-3-5-12)17-16-10-14-9-11-6-7-13(14)8-11/h1-7,10-11,13-14H,8-9H2,(H,17,18)/b16-10-/t11-,13+,14-/m1/s1. The first-order valence-electron chi connectivity index (χ1n) is 6.40. The Labute approximate surface area is 107 Å². The molecule has 0 radical (unpaired) electrons. The van der Waals surface area contributed by atoms with Crippen molar-refractivity contribution in [3.8, 4) is 0 Å². The van der Waals surface area contributed by atoms with E-state index in [9.17, 15) is 4.79 Å². The van der Waals surface area contributed by atoms with Crippen molar-refractivity contribution in [2.45, 2.75) is 12.8 Å². The van der Waals surface area contributed by atoms with Crippen LogP contribution in [0.15, 0.2) is 47.6 Å². The molecule has 0 saturated heterocycles. The maximum absolute atomic E-state index is 11.7. The molecule has 18 heavy (non-hydrogen) atoms. The highest BCUT2D eigenvalue weighted by molar-refractivity contribution is 5.94. The number of fused-ring (bicyclic) bond motifs is 2. The third-order valence-corrected chi connectivity index (χ3v) is 3.80. The number of hydrogen-bond acceptors (Lipinski definition) is 2. The van der Waals surface area contributed by atoms with Crippen LogP contribution in [0.2, 0.25) is 0 Å². The molecule has 3 nitrogen and oxygen atoms in total. The van der Waals surface area contributed by atoms with E-state index in [4.69, 9.17) is 0 Å². The topological polar surface area (TPSA) is 41.5 Å². The van der Waals surface area contributed by atoms with Gasteiger partial charge in [-0.25, -0.2) is 5.43 Å². The molecule has 0 unspecified atom stereocenters. The highest BCUT2D eigenvalue weighted by Crippen LogP contribution is 2.42. The van der Waals surface area contributed by atoms with Crippen LogP contribution < -0.4 is 5.43 Å². The van der Waals surface area contributed by atoms with Gasteiger partial charge >= 0.3 is 0 Å². The molecule has 3 atom stereocenters. The second-order valence-electron chi connectivity index (χ2n) is 5.03. The van der Waals surface area contributed by atoms with Gasteiger partial charge in [-0.05, 0) is 36.8 Å². The van der Waals surface area contributed by atoms with Gasteiger partial charge in [0, 0.05) is 17.7 Å². The summed E-state index contributed by atoms with van der Waals surface area (Å²) in [5.41, 5.74) is 3.23. The van der Waals surface area contributed by atoms with Gasteiger partial charge in [0.2, 0.25) is 0 Å². The zero-order chi connectivity index (χ0) is 12.4. The number of hydrazone groups is 1. The number of allylic oxidation sites excluding steroid dienone is 2. The Morgan fingerprint density at radius 2 is 2.06 bits per heavy atom. The quantitative estimate of drug-likeness (QED) is 0.492. The van der Waals surface area contributed by atoms with Gasteiger partial charge in [0.15, 0.2) is 0 Å². The van der Waals surface area contributed by atoms with Gasteiger partial charge < -0.3 is 0 Å². The molecule has 1 saturated carbocycles. The molecule has 3 rings (SSSR count). The lowest BCUT2D eigenvalue weighted by atomic mass is 9.95. The van der Waals surface area contributed by atoms with E-state index in [0.717, 1.165) is 5.92 Å². The molecule has 1 fully saturated rings. The van der Waals surface area contributed by atoms with Crippen LogP contribution >= 0.6 is 0 Å². The zero-order valence-corrected chi connectivity index (χ0v) is 10.1. The molecule has 0 spiro atoms. The summed E-state index contributed by atoms with van der Waals surface area (Å²) in [5, 5.41) is 4.09. The van der Waals surface area contributed by atoms with E-state index >= 15 is 0 Å². The lowest BCUT2D eigenvalue weighted by Gasteiger charge is -2.11. The Morgan fingerprint density at radius 1 is 1.22 bits per heavy atom. The molecule has 0 heterocycles. The summed E-state index contributed by atoms with van der Waals surface area (Å²) in [6.45, 7) is 0. The van der Waals surface area contributed by atoms with Crippen molar-refractivity contribution < 1.29 is 4.79 Å². The summed E-state index contributed by atoms with van der Waals surface area (Å²) >= 11 is 0. The number of rotatable bonds is 3. The fraction of sp³-hybridized carbons (Fsp3) is 0.333. The Bertz CT molecular complexity index is 492. The normalized spacial score (nSPS) is 29.0. The molecular formula is C15H16N2O. The van der Waals surface area contributed by atoms with Gasteiger partial charge in [0.05, 0.1) is 0 Å². The monoisotopic (exact) mass is 240 g/mol. The van der Waals surface area contributed by atoms with Gasteiger partial charge in [-0.3, -0.25) is 4.79 Å². The molecule has 1 N–H and O–H groups in total. The lowest BCUT2D eigenvalue weighted by molar-refractivity contribution is 0.0955. The van der Waals surface area contributed by atoms with E-state index in [1.165, 1.54) is 12.8 Å². The summed E-state index contributed by atoms with van der Waals surface area (Å²) < 4.78 is 0. The first-order chi connectivity index (χ1) is 8.83. The summed E-state index contributed by atoms with van der Waals surface area (Å²) in [4.78, 5) is 11.7. The molecule has 3 heteroatoms. The van der Waals surface area contributed by atoms with Crippen LogP contribution in [0.5, 0.6) is 0 Å². The van der Waals surface area contributed by atoms with Gasteiger partial charge in [0.25, 0.3) is 5.91 Å². The van der Waals surface area contributed by atoms with Gasteiger partial charge in [-0.1, -0.05) is 30.4 Å². The van der Waals surface area contributed by atoms with E-state index in [1.54, 1.807) is 12.1 Å². The van der Waals surface area contributed by atoms with Crippen LogP contribution in [0.1, 0.15) is 23.2 Å². The van der Waals surface area contributed by atoms with Crippen LogP contribution in [0.3, 0.4) is 0 Å².